The van der Waals surface area contributed by atoms with E-state index in [0.29, 0.717) is 41.7 Å². The van der Waals surface area contributed by atoms with E-state index in [0.717, 1.165) is 18.2 Å². The number of fused-ring (bicyclic) bond motifs is 1. The van der Waals surface area contributed by atoms with Gasteiger partial charge in [0, 0.05) is 30.1 Å². The van der Waals surface area contributed by atoms with Crippen LogP contribution in [0.1, 0.15) is 50.1 Å². The third-order valence-corrected chi connectivity index (χ3v) is 5.41. The molecule has 2 aromatic carbocycles. The molecule has 6 N–H and O–H groups in total. The van der Waals surface area contributed by atoms with Crippen molar-refractivity contribution in [3.05, 3.63) is 66.4 Å². The van der Waals surface area contributed by atoms with E-state index in [1.807, 2.05) is 24.3 Å². The quantitative estimate of drug-likeness (QED) is 0.167. The lowest BCUT2D eigenvalue weighted by Crippen LogP contribution is -2.27. The molecule has 0 aliphatic carbocycles. The highest BCUT2D eigenvalue weighted by atomic mass is 16.5. The molecule has 1 atom stereocenters. The zero-order valence-corrected chi connectivity index (χ0v) is 18.8. The number of carbonyl (C=O) groups excluding carboxylic acids is 3. The van der Waals surface area contributed by atoms with E-state index in [1.165, 1.54) is 0 Å². The summed E-state index contributed by atoms with van der Waals surface area (Å²) in [6.45, 7) is 0. The van der Waals surface area contributed by atoms with Crippen LogP contribution in [0, 0.1) is 0 Å². The number of benzene rings is 2. The van der Waals surface area contributed by atoms with Crippen LogP contribution in [0.25, 0.3) is 10.9 Å². The summed E-state index contributed by atoms with van der Waals surface area (Å²) in [5.74, 6) is -0.860. The minimum Gasteiger partial charge on any atom is -0.326 e. The van der Waals surface area contributed by atoms with Gasteiger partial charge in [-0.1, -0.05) is 43.2 Å². The van der Waals surface area contributed by atoms with Gasteiger partial charge in [-0.2, -0.15) is 0 Å². The van der Waals surface area contributed by atoms with Gasteiger partial charge in [0.1, 0.15) is 6.04 Å². The second-order valence-corrected chi connectivity index (χ2v) is 7.97. The van der Waals surface area contributed by atoms with Crippen LogP contribution in [0.15, 0.2) is 60.8 Å². The van der Waals surface area contributed by atoms with E-state index in [9.17, 15) is 14.4 Å². The number of rotatable bonds is 11. The number of nitrogens with two attached hydrogens (primary N) is 1. The maximum absolute atomic E-state index is 12.7. The Hall–Kier alpha value is -3.82. The van der Waals surface area contributed by atoms with Crippen LogP contribution in [0.2, 0.25) is 0 Å². The van der Waals surface area contributed by atoms with Gasteiger partial charge in [-0.15, -0.1) is 0 Å². The molecule has 3 amide bonds. The van der Waals surface area contributed by atoms with Gasteiger partial charge in [0.2, 0.25) is 17.7 Å². The third kappa shape index (κ3) is 7.09. The van der Waals surface area contributed by atoms with Crippen molar-refractivity contribution in [1.82, 2.24) is 10.5 Å². The van der Waals surface area contributed by atoms with Crippen LogP contribution < -0.4 is 21.8 Å². The fourth-order valence-electron chi connectivity index (χ4n) is 3.54. The molecule has 1 aromatic heterocycles. The Bertz CT molecular complexity index is 1130. The van der Waals surface area contributed by atoms with E-state index in [1.54, 1.807) is 42.0 Å². The monoisotopic (exact) mass is 463 g/mol. The van der Waals surface area contributed by atoms with Crippen molar-refractivity contribution >= 4 is 40.0 Å². The molecule has 9 heteroatoms. The van der Waals surface area contributed by atoms with E-state index >= 15 is 0 Å². The largest absolute Gasteiger partial charge is 0.326 e. The Morgan fingerprint density at radius 1 is 0.853 bits per heavy atom. The molecular formula is C25H29N5O4. The minimum absolute atomic E-state index is 0.105. The molecule has 34 heavy (non-hydrogen) atoms. The summed E-state index contributed by atoms with van der Waals surface area (Å²) in [5, 5.41) is 15.0. The van der Waals surface area contributed by atoms with Crippen LogP contribution in [0.3, 0.4) is 0 Å². The van der Waals surface area contributed by atoms with Gasteiger partial charge in [0.05, 0.1) is 11.2 Å². The summed E-state index contributed by atoms with van der Waals surface area (Å²) in [4.78, 5) is 40.1. The molecular weight excluding hydrogens is 434 g/mol. The van der Waals surface area contributed by atoms with Crippen LogP contribution >= 0.6 is 0 Å². The molecule has 0 saturated heterocycles. The van der Waals surface area contributed by atoms with Gasteiger partial charge >= 0.3 is 0 Å². The molecule has 0 saturated carbocycles. The molecule has 1 heterocycles. The van der Waals surface area contributed by atoms with Crippen LogP contribution in [0.5, 0.6) is 0 Å². The summed E-state index contributed by atoms with van der Waals surface area (Å²) in [5.41, 5.74) is 10.3. The average Bonchev–Trinajstić information content (AvgIpc) is 2.86. The first kappa shape index (κ1) is 24.8. The topological polar surface area (TPSA) is 146 Å². The number of hydrogen-bond donors (Lipinski definition) is 5. The van der Waals surface area contributed by atoms with Crippen molar-refractivity contribution < 1.29 is 19.6 Å². The van der Waals surface area contributed by atoms with Gasteiger partial charge < -0.3 is 16.4 Å². The zero-order valence-electron chi connectivity index (χ0n) is 18.8. The molecule has 0 fully saturated rings. The molecule has 0 spiro atoms. The molecule has 0 radical (unpaired) electrons. The van der Waals surface area contributed by atoms with E-state index in [2.05, 4.69) is 15.6 Å². The van der Waals surface area contributed by atoms with Gasteiger partial charge in [-0.3, -0.25) is 24.6 Å². The van der Waals surface area contributed by atoms with Gasteiger partial charge in [-0.05, 0) is 42.7 Å². The lowest BCUT2D eigenvalue weighted by molar-refractivity contribution is -0.129. The number of hydrogen-bond acceptors (Lipinski definition) is 6. The van der Waals surface area contributed by atoms with Crippen molar-refractivity contribution in [3.63, 3.8) is 0 Å². The second kappa shape index (κ2) is 12.4. The number of carbonyl (C=O) groups is 3. The fraction of sp³-hybridized carbons (Fsp3) is 0.280. The van der Waals surface area contributed by atoms with E-state index in [4.69, 9.17) is 10.9 Å². The predicted molar refractivity (Wildman–Crippen MR) is 130 cm³/mol. The smallest absolute Gasteiger partial charge is 0.245 e. The molecule has 3 aromatic rings. The maximum Gasteiger partial charge on any atom is 0.245 e. The SMILES string of the molecule is NC(C(=O)Nc1cccc2cccnc12)c1ccc(NC(=O)CCCCCCC(=O)NO)cc1. The van der Waals surface area contributed by atoms with Gasteiger partial charge in [0.15, 0.2) is 0 Å². The van der Waals surface area contributed by atoms with Crippen molar-refractivity contribution in [2.75, 3.05) is 10.6 Å². The fourth-order valence-corrected chi connectivity index (χ4v) is 3.54. The number of aromatic nitrogens is 1. The Morgan fingerprint density at radius 2 is 1.53 bits per heavy atom. The molecule has 178 valence electrons. The first-order chi connectivity index (χ1) is 16.5. The molecule has 3 rings (SSSR count). The second-order valence-electron chi connectivity index (χ2n) is 7.97. The summed E-state index contributed by atoms with van der Waals surface area (Å²) in [7, 11) is 0. The zero-order chi connectivity index (χ0) is 24.3. The number of hydroxylamine groups is 1. The number of amides is 3. The highest BCUT2D eigenvalue weighted by Crippen LogP contribution is 2.23. The Kier molecular flexibility index (Phi) is 9.07. The lowest BCUT2D eigenvalue weighted by Gasteiger charge is -2.14. The van der Waals surface area contributed by atoms with Crippen LogP contribution in [-0.4, -0.2) is 27.9 Å². The first-order valence-electron chi connectivity index (χ1n) is 11.2. The molecule has 9 nitrogen and oxygen atoms in total. The number of unbranched alkanes of at least 4 members (excludes halogenated alkanes) is 3. The standard InChI is InChI=1S/C25H29N5O4/c26-23(25(33)29-20-9-5-7-18-8-6-16-27-24(18)20)17-12-14-19(15-13-17)28-21(31)10-3-1-2-4-11-22(32)30-34/h5-9,12-16,23,34H,1-4,10-11,26H2,(H,28,31)(H,29,33)(H,30,32). The summed E-state index contributed by atoms with van der Waals surface area (Å²) >= 11 is 0. The van der Waals surface area contributed by atoms with Crippen molar-refractivity contribution in [2.45, 2.75) is 44.6 Å². The normalized spacial score (nSPS) is 11.6. The summed E-state index contributed by atoms with van der Waals surface area (Å²) in [6.07, 6.45) is 5.32. The van der Waals surface area contributed by atoms with Crippen LogP contribution in [-0.2, 0) is 14.4 Å². The number of anilines is 2. The third-order valence-electron chi connectivity index (χ3n) is 5.41. The molecule has 0 aliphatic rings. The van der Waals surface area contributed by atoms with Crippen LogP contribution in [0.4, 0.5) is 11.4 Å². The maximum atomic E-state index is 12.7. The average molecular weight is 464 g/mol. The van der Waals surface area contributed by atoms with Gasteiger partial charge in [0.25, 0.3) is 0 Å². The van der Waals surface area contributed by atoms with Crippen molar-refractivity contribution in [3.8, 4) is 0 Å². The van der Waals surface area contributed by atoms with E-state index in [-0.39, 0.29) is 18.2 Å². The Morgan fingerprint density at radius 3 is 2.24 bits per heavy atom. The Balaban J connectivity index is 1.46. The van der Waals surface area contributed by atoms with Crippen molar-refractivity contribution in [2.24, 2.45) is 5.73 Å². The number of para-hydroxylation sites is 1. The molecule has 1 unspecified atom stereocenters. The number of nitrogens with one attached hydrogen (secondary N) is 3. The predicted octanol–water partition coefficient (Wildman–Crippen LogP) is 3.66. The molecule has 0 aliphatic heterocycles. The van der Waals surface area contributed by atoms with E-state index < -0.39 is 11.9 Å². The van der Waals surface area contributed by atoms with Gasteiger partial charge in [-0.25, -0.2) is 5.48 Å². The highest BCUT2D eigenvalue weighted by molar-refractivity contribution is 6.02. The molecule has 0 bridgehead atoms. The van der Waals surface area contributed by atoms with Crippen molar-refractivity contribution in [1.29, 1.82) is 0 Å². The highest BCUT2D eigenvalue weighted by Gasteiger charge is 2.17. The summed E-state index contributed by atoms with van der Waals surface area (Å²) in [6, 6.07) is 15.3. The Labute approximate surface area is 197 Å². The minimum atomic E-state index is -0.878. The summed E-state index contributed by atoms with van der Waals surface area (Å²) < 4.78 is 0. The lowest BCUT2D eigenvalue weighted by atomic mass is 10.1. The number of pyridine rings is 1. The number of nitrogens with zero attached hydrogens (tertiary/aromatic N) is 1. The first-order valence-corrected chi connectivity index (χ1v) is 11.2.